The molecule has 0 spiro atoms. The molecule has 2 atom stereocenters. The Bertz CT molecular complexity index is 756. The quantitative estimate of drug-likeness (QED) is 0.721. The van der Waals surface area contributed by atoms with E-state index in [1.807, 2.05) is 16.8 Å². The average molecular weight is 354 g/mol. The minimum Gasteiger partial charge on any atom is -0.444 e. The fourth-order valence-electron chi connectivity index (χ4n) is 3.01. The van der Waals surface area contributed by atoms with Crippen LogP contribution in [0.15, 0.2) is 24.5 Å². The summed E-state index contributed by atoms with van der Waals surface area (Å²) in [5.74, 6) is 0. The summed E-state index contributed by atoms with van der Waals surface area (Å²) < 4.78 is 22.0. The summed E-state index contributed by atoms with van der Waals surface area (Å²) in [6, 6.07) is 3.30. The van der Waals surface area contributed by atoms with Gasteiger partial charge in [0.05, 0.1) is 18.1 Å². The third-order valence-electron chi connectivity index (χ3n) is 4.09. The number of aromatic nitrogens is 2. The Labute approximate surface area is 145 Å². The SMILES string of the molecule is CC(C)(C)OC(=O)N1CC[C@@H](n2ccc3cnc(Cl)cc32)[C@@H](F)C1. The Kier molecular flexibility index (Phi) is 4.42. The zero-order chi connectivity index (χ0) is 17.5. The Hall–Kier alpha value is -1.82. The van der Waals surface area contributed by atoms with Crippen LogP contribution in [0.25, 0.3) is 10.9 Å². The first-order chi connectivity index (χ1) is 11.2. The van der Waals surface area contributed by atoms with E-state index in [1.165, 1.54) is 4.90 Å². The van der Waals surface area contributed by atoms with Gasteiger partial charge in [-0.15, -0.1) is 0 Å². The molecule has 0 saturated carbocycles. The van der Waals surface area contributed by atoms with Crippen LogP contribution in [0.2, 0.25) is 5.15 Å². The van der Waals surface area contributed by atoms with Crippen LogP contribution in [0.5, 0.6) is 0 Å². The van der Waals surface area contributed by atoms with E-state index in [1.54, 1.807) is 33.0 Å². The van der Waals surface area contributed by atoms with Crippen LogP contribution >= 0.6 is 11.6 Å². The minimum absolute atomic E-state index is 0.0259. The topological polar surface area (TPSA) is 47.4 Å². The monoisotopic (exact) mass is 353 g/mol. The van der Waals surface area contributed by atoms with Crippen molar-refractivity contribution in [3.8, 4) is 0 Å². The van der Waals surface area contributed by atoms with Crippen molar-refractivity contribution >= 4 is 28.6 Å². The van der Waals surface area contributed by atoms with E-state index < -0.39 is 17.9 Å². The maximum atomic E-state index is 14.8. The first-order valence-corrected chi connectivity index (χ1v) is 8.36. The predicted molar refractivity (Wildman–Crippen MR) is 91.1 cm³/mol. The van der Waals surface area contributed by atoms with E-state index >= 15 is 0 Å². The van der Waals surface area contributed by atoms with Gasteiger partial charge in [0, 0.05) is 24.3 Å². The van der Waals surface area contributed by atoms with E-state index in [2.05, 4.69) is 4.98 Å². The van der Waals surface area contributed by atoms with Crippen molar-refractivity contribution in [3.05, 3.63) is 29.7 Å². The number of nitrogens with zero attached hydrogens (tertiary/aromatic N) is 3. The zero-order valence-electron chi connectivity index (χ0n) is 14.0. The van der Waals surface area contributed by atoms with Crippen LogP contribution < -0.4 is 0 Å². The molecule has 2 aromatic rings. The summed E-state index contributed by atoms with van der Waals surface area (Å²) in [6.07, 6.45) is 2.41. The van der Waals surface area contributed by atoms with E-state index in [9.17, 15) is 9.18 Å². The molecule has 1 fully saturated rings. The Morgan fingerprint density at radius 1 is 1.46 bits per heavy atom. The van der Waals surface area contributed by atoms with E-state index in [4.69, 9.17) is 16.3 Å². The largest absolute Gasteiger partial charge is 0.444 e. The number of likely N-dealkylation sites (tertiary alicyclic amines) is 1. The van der Waals surface area contributed by atoms with Gasteiger partial charge in [0.2, 0.25) is 0 Å². The molecule has 0 aliphatic carbocycles. The molecule has 2 aromatic heterocycles. The minimum atomic E-state index is -1.17. The lowest BCUT2D eigenvalue weighted by atomic mass is 10.0. The van der Waals surface area contributed by atoms with Crippen molar-refractivity contribution in [2.45, 2.75) is 45.0 Å². The number of alkyl halides is 1. The van der Waals surface area contributed by atoms with Gasteiger partial charge in [0.1, 0.15) is 16.9 Å². The van der Waals surface area contributed by atoms with E-state index in [0.29, 0.717) is 18.1 Å². The van der Waals surface area contributed by atoms with Gasteiger partial charge >= 0.3 is 6.09 Å². The predicted octanol–water partition coefficient (Wildman–Crippen LogP) is 4.21. The van der Waals surface area contributed by atoms with Crippen LogP contribution in [0, 0.1) is 0 Å². The smallest absolute Gasteiger partial charge is 0.410 e. The molecular formula is C17H21ClFN3O2. The zero-order valence-corrected chi connectivity index (χ0v) is 14.8. The number of carbonyl (C=O) groups is 1. The maximum absolute atomic E-state index is 14.8. The standard InChI is InChI=1S/C17H21ClFN3O2/c1-17(2,3)24-16(23)21-6-5-13(12(19)10-21)22-7-4-11-9-20-15(18)8-14(11)22/h4,7-9,12-13H,5-6,10H2,1-3H3/t12-,13+/m0/s1. The molecule has 5 nitrogen and oxygen atoms in total. The van der Waals surface area contributed by atoms with Gasteiger partial charge in [-0.25, -0.2) is 14.2 Å². The highest BCUT2D eigenvalue weighted by atomic mass is 35.5. The summed E-state index contributed by atoms with van der Waals surface area (Å²) in [5.41, 5.74) is 0.272. The molecule has 130 valence electrons. The lowest BCUT2D eigenvalue weighted by Gasteiger charge is -2.36. The van der Waals surface area contributed by atoms with Crippen LogP contribution in [-0.2, 0) is 4.74 Å². The molecule has 0 N–H and O–H groups in total. The summed E-state index contributed by atoms with van der Waals surface area (Å²) in [7, 11) is 0. The normalized spacial score (nSPS) is 22.0. The van der Waals surface area contributed by atoms with Crippen molar-refractivity contribution in [2.24, 2.45) is 0 Å². The number of rotatable bonds is 1. The van der Waals surface area contributed by atoms with Crippen LogP contribution in [0.3, 0.4) is 0 Å². The molecule has 0 unspecified atom stereocenters. The highest BCUT2D eigenvalue weighted by Crippen LogP contribution is 2.31. The second kappa shape index (κ2) is 6.24. The van der Waals surface area contributed by atoms with Gasteiger partial charge in [0.15, 0.2) is 0 Å². The summed E-state index contributed by atoms with van der Waals surface area (Å²) in [6.45, 7) is 5.88. The Morgan fingerprint density at radius 3 is 2.88 bits per heavy atom. The van der Waals surface area contributed by atoms with Crippen molar-refractivity contribution in [1.29, 1.82) is 0 Å². The number of fused-ring (bicyclic) bond motifs is 1. The summed E-state index contributed by atoms with van der Waals surface area (Å²) in [4.78, 5) is 17.6. The van der Waals surface area contributed by atoms with Crippen LogP contribution in [0.1, 0.15) is 33.2 Å². The lowest BCUT2D eigenvalue weighted by molar-refractivity contribution is 0.00708. The molecule has 1 saturated heterocycles. The first-order valence-electron chi connectivity index (χ1n) is 7.99. The summed E-state index contributed by atoms with van der Waals surface area (Å²) >= 11 is 5.96. The van der Waals surface area contributed by atoms with Crippen molar-refractivity contribution in [2.75, 3.05) is 13.1 Å². The lowest BCUT2D eigenvalue weighted by Crippen LogP contribution is -2.47. The van der Waals surface area contributed by atoms with Gasteiger partial charge in [-0.1, -0.05) is 11.6 Å². The molecule has 7 heteroatoms. The second-order valence-electron chi connectivity index (χ2n) is 7.09. The van der Waals surface area contributed by atoms with E-state index in [-0.39, 0.29) is 12.6 Å². The molecular weight excluding hydrogens is 333 g/mol. The molecule has 1 aliphatic heterocycles. The molecule has 3 heterocycles. The van der Waals surface area contributed by atoms with Crippen molar-refractivity contribution < 1.29 is 13.9 Å². The number of amides is 1. The third kappa shape index (κ3) is 3.48. The van der Waals surface area contributed by atoms with Gasteiger partial charge in [-0.2, -0.15) is 0 Å². The molecule has 0 radical (unpaired) electrons. The summed E-state index contributed by atoms with van der Waals surface area (Å²) in [5, 5.41) is 1.30. The number of piperidine rings is 1. The van der Waals surface area contributed by atoms with Crippen LogP contribution in [-0.4, -0.2) is 45.4 Å². The van der Waals surface area contributed by atoms with Gasteiger partial charge in [-0.3, -0.25) is 0 Å². The molecule has 3 rings (SSSR count). The number of hydrogen-bond acceptors (Lipinski definition) is 3. The molecule has 0 aromatic carbocycles. The van der Waals surface area contributed by atoms with Gasteiger partial charge < -0.3 is 14.2 Å². The van der Waals surface area contributed by atoms with Crippen molar-refractivity contribution in [3.63, 3.8) is 0 Å². The second-order valence-corrected chi connectivity index (χ2v) is 7.47. The maximum Gasteiger partial charge on any atom is 0.410 e. The van der Waals surface area contributed by atoms with Gasteiger partial charge in [-0.05, 0) is 39.3 Å². The van der Waals surface area contributed by atoms with Crippen molar-refractivity contribution in [1.82, 2.24) is 14.5 Å². The fourth-order valence-corrected chi connectivity index (χ4v) is 3.16. The fraction of sp³-hybridized carbons (Fsp3) is 0.529. The van der Waals surface area contributed by atoms with Gasteiger partial charge in [0.25, 0.3) is 0 Å². The highest BCUT2D eigenvalue weighted by Gasteiger charge is 2.34. The first kappa shape index (κ1) is 17.0. The molecule has 0 bridgehead atoms. The third-order valence-corrected chi connectivity index (χ3v) is 4.29. The number of ether oxygens (including phenoxy) is 1. The average Bonchev–Trinajstić information content (AvgIpc) is 2.88. The Morgan fingerprint density at radius 2 is 2.21 bits per heavy atom. The number of carbonyl (C=O) groups excluding carboxylic acids is 1. The van der Waals surface area contributed by atoms with Crippen LogP contribution in [0.4, 0.5) is 9.18 Å². The molecule has 1 aliphatic rings. The molecule has 1 amide bonds. The number of pyridine rings is 1. The highest BCUT2D eigenvalue weighted by molar-refractivity contribution is 6.30. The molecule has 24 heavy (non-hydrogen) atoms. The van der Waals surface area contributed by atoms with E-state index in [0.717, 1.165) is 10.9 Å². The number of hydrogen-bond donors (Lipinski definition) is 0. The Balaban J connectivity index is 1.76. The number of halogens is 2.